The van der Waals surface area contributed by atoms with Crippen LogP contribution in [0.2, 0.25) is 10.0 Å². The smallest absolute Gasteiger partial charge is 0.211 e. The normalized spacial score (nSPS) is 24.9. The third-order valence-corrected chi connectivity index (χ3v) is 6.98. The molecule has 0 bridgehead atoms. The van der Waals surface area contributed by atoms with E-state index >= 15 is 0 Å². The summed E-state index contributed by atoms with van der Waals surface area (Å²) in [4.78, 5) is 20.8. The molecule has 2 amide bonds. The number of halogens is 3. The molecule has 0 radical (unpaired) electrons. The molecule has 2 atom stereocenters. The van der Waals surface area contributed by atoms with Crippen molar-refractivity contribution in [1.29, 1.82) is 0 Å². The van der Waals surface area contributed by atoms with Crippen LogP contribution in [0.25, 0.3) is 0 Å². The molecule has 1 heterocycles. The molecule has 1 saturated heterocycles. The van der Waals surface area contributed by atoms with Gasteiger partial charge in [0.15, 0.2) is 0 Å². The Kier molecular flexibility index (Phi) is 14.1. The van der Waals surface area contributed by atoms with Gasteiger partial charge in [-0.15, -0.1) is 0 Å². The Morgan fingerprint density at radius 3 is 2.17 bits per heavy atom. The van der Waals surface area contributed by atoms with Gasteiger partial charge < -0.3 is 21.1 Å². The highest BCUT2D eigenvalue weighted by molar-refractivity contribution is 6.31. The molecule has 1 saturated carbocycles. The third kappa shape index (κ3) is 10.7. The Bertz CT molecular complexity index is 1090. The summed E-state index contributed by atoms with van der Waals surface area (Å²) in [6, 6.07) is 10.6. The second kappa shape index (κ2) is 15.7. The molecular weight excluding hydrogens is 552 g/mol. The topological polar surface area (TPSA) is 90.5 Å². The van der Waals surface area contributed by atoms with Gasteiger partial charge in [-0.3, -0.25) is 9.59 Å². The van der Waals surface area contributed by atoms with Gasteiger partial charge in [0.25, 0.3) is 0 Å². The Morgan fingerprint density at radius 1 is 1.05 bits per heavy atom. The van der Waals surface area contributed by atoms with E-state index in [1.54, 1.807) is 37.3 Å². The largest absolute Gasteiger partial charge is 0.390 e. The monoisotopic (exact) mass is 597 g/mol. The molecule has 2 unspecified atom stereocenters. The van der Waals surface area contributed by atoms with Crippen LogP contribution in [-0.2, 0) is 15.0 Å². The summed E-state index contributed by atoms with van der Waals surface area (Å²) in [5.41, 5.74) is 1.67. The van der Waals surface area contributed by atoms with Crippen molar-refractivity contribution in [2.24, 2.45) is 5.41 Å². The van der Waals surface area contributed by atoms with E-state index in [0.717, 1.165) is 5.56 Å². The van der Waals surface area contributed by atoms with Crippen molar-refractivity contribution in [3.63, 3.8) is 0 Å². The molecule has 0 aromatic heterocycles. The van der Waals surface area contributed by atoms with Crippen molar-refractivity contribution in [1.82, 2.24) is 10.6 Å². The SMILES string of the molecule is CC.CC(C)(C)C.CC1(O)CC(NC=O)C1.CC1(c2ccc(Cl)cc2NC=O)CNCC1c1cccc(Cl)c1F. The minimum Gasteiger partial charge on any atom is -0.390 e. The first-order valence-corrected chi connectivity index (χ1v) is 14.4. The van der Waals surface area contributed by atoms with Crippen molar-refractivity contribution in [2.45, 2.75) is 91.2 Å². The van der Waals surface area contributed by atoms with Gasteiger partial charge in [-0.05, 0) is 54.5 Å². The first-order valence-electron chi connectivity index (χ1n) is 13.7. The highest BCUT2D eigenvalue weighted by Crippen LogP contribution is 2.46. The molecule has 4 rings (SSSR count). The minimum atomic E-state index is -0.527. The van der Waals surface area contributed by atoms with Gasteiger partial charge in [-0.25, -0.2) is 4.39 Å². The fourth-order valence-corrected chi connectivity index (χ4v) is 5.12. The maximum absolute atomic E-state index is 14.6. The number of amides is 2. The van der Waals surface area contributed by atoms with E-state index in [1.807, 2.05) is 19.9 Å². The van der Waals surface area contributed by atoms with Crippen LogP contribution in [0.1, 0.15) is 85.3 Å². The van der Waals surface area contributed by atoms with Gasteiger partial charge in [-0.2, -0.15) is 0 Å². The quantitative estimate of drug-likeness (QED) is 0.268. The molecule has 6 nitrogen and oxygen atoms in total. The van der Waals surface area contributed by atoms with E-state index in [9.17, 15) is 14.0 Å². The van der Waals surface area contributed by atoms with Crippen LogP contribution < -0.4 is 16.0 Å². The van der Waals surface area contributed by atoms with Crippen LogP contribution in [0.4, 0.5) is 10.1 Å². The highest BCUT2D eigenvalue weighted by Gasteiger charge is 2.43. The standard InChI is InChI=1S/C18H17Cl2FN2O.C6H11NO2.C5H12.C2H6/c1-18(13-6-5-11(19)7-16(13)23-10-24)9-22-8-14(18)12-3-2-4-15(20)17(12)21;1-6(9)2-5(3-6)7-4-8;1-5(2,3)4;1-2/h2-7,10,14,22H,8-9H2,1H3,(H,23,24);4-5,9H,2-3H2,1H3,(H,7,8);1-4H3;1-2H3. The first-order chi connectivity index (χ1) is 18.6. The summed E-state index contributed by atoms with van der Waals surface area (Å²) in [5.74, 6) is -0.512. The number of anilines is 1. The third-order valence-electron chi connectivity index (χ3n) is 6.45. The lowest BCUT2D eigenvalue weighted by atomic mass is 9.70. The van der Waals surface area contributed by atoms with Gasteiger partial charge in [0.1, 0.15) is 5.82 Å². The molecule has 2 aromatic carbocycles. The number of hydrogen-bond donors (Lipinski definition) is 4. The Hall–Kier alpha value is -2.19. The summed E-state index contributed by atoms with van der Waals surface area (Å²) in [6.45, 7) is 17.9. The molecule has 1 aliphatic heterocycles. The summed E-state index contributed by atoms with van der Waals surface area (Å²) in [5, 5.41) is 18.4. The summed E-state index contributed by atoms with van der Waals surface area (Å²) in [6.07, 6.45) is 2.67. The zero-order valence-corrected chi connectivity index (χ0v) is 26.5. The van der Waals surface area contributed by atoms with Crippen LogP contribution in [0.3, 0.4) is 0 Å². The van der Waals surface area contributed by atoms with E-state index < -0.39 is 16.8 Å². The minimum absolute atomic E-state index is 0.115. The molecule has 40 heavy (non-hydrogen) atoms. The fraction of sp³-hybridized carbons (Fsp3) is 0.548. The predicted molar refractivity (Wildman–Crippen MR) is 165 cm³/mol. The average Bonchev–Trinajstić information content (AvgIpc) is 3.23. The van der Waals surface area contributed by atoms with Crippen LogP contribution in [0.15, 0.2) is 36.4 Å². The maximum atomic E-state index is 14.6. The fourth-order valence-electron chi connectivity index (χ4n) is 4.76. The lowest BCUT2D eigenvalue weighted by Gasteiger charge is -2.40. The Labute approximate surface area is 249 Å². The van der Waals surface area contributed by atoms with E-state index in [0.29, 0.717) is 60.4 Å². The number of aliphatic hydroxyl groups is 1. The number of carbonyl (C=O) groups excluding carboxylic acids is 2. The van der Waals surface area contributed by atoms with Crippen LogP contribution in [-0.4, -0.2) is 42.7 Å². The lowest BCUT2D eigenvalue weighted by molar-refractivity contribution is -0.113. The van der Waals surface area contributed by atoms with E-state index in [-0.39, 0.29) is 17.0 Å². The molecule has 2 aromatic rings. The van der Waals surface area contributed by atoms with Crippen molar-refractivity contribution in [2.75, 3.05) is 18.4 Å². The number of benzene rings is 2. The molecule has 1 aliphatic carbocycles. The second-order valence-corrected chi connectivity index (χ2v) is 12.9. The van der Waals surface area contributed by atoms with Gasteiger partial charge >= 0.3 is 0 Å². The molecule has 0 spiro atoms. The van der Waals surface area contributed by atoms with Crippen LogP contribution in [0, 0.1) is 11.2 Å². The predicted octanol–water partition coefficient (Wildman–Crippen LogP) is 7.07. The number of carbonyl (C=O) groups is 2. The molecular formula is C31H46Cl2FN3O3. The lowest BCUT2D eigenvalue weighted by Crippen LogP contribution is -2.51. The van der Waals surface area contributed by atoms with Crippen molar-refractivity contribution in [3.05, 3.63) is 63.4 Å². The Morgan fingerprint density at radius 2 is 1.65 bits per heavy atom. The molecule has 2 fully saturated rings. The van der Waals surface area contributed by atoms with E-state index in [4.69, 9.17) is 28.3 Å². The van der Waals surface area contributed by atoms with Crippen LogP contribution in [0.5, 0.6) is 0 Å². The van der Waals surface area contributed by atoms with Gasteiger partial charge in [0.05, 0.1) is 10.6 Å². The van der Waals surface area contributed by atoms with Gasteiger partial charge in [0.2, 0.25) is 12.8 Å². The first kappa shape index (κ1) is 35.8. The second-order valence-electron chi connectivity index (χ2n) is 12.1. The summed E-state index contributed by atoms with van der Waals surface area (Å²) in [7, 11) is 0. The van der Waals surface area contributed by atoms with E-state index in [2.05, 4.69) is 50.6 Å². The molecule has 9 heteroatoms. The number of hydrogen-bond acceptors (Lipinski definition) is 4. The molecule has 224 valence electrons. The zero-order chi connectivity index (χ0) is 30.7. The molecule has 4 N–H and O–H groups in total. The maximum Gasteiger partial charge on any atom is 0.211 e. The Balaban J connectivity index is 0.000000411. The van der Waals surface area contributed by atoms with Crippen molar-refractivity contribution >= 4 is 41.7 Å². The van der Waals surface area contributed by atoms with Crippen LogP contribution >= 0.6 is 23.2 Å². The average molecular weight is 599 g/mol. The number of nitrogens with one attached hydrogen (secondary N) is 3. The highest BCUT2D eigenvalue weighted by atomic mass is 35.5. The molecule has 2 aliphatic rings. The van der Waals surface area contributed by atoms with Crippen molar-refractivity contribution in [3.8, 4) is 0 Å². The van der Waals surface area contributed by atoms with Gasteiger partial charge in [0, 0.05) is 41.2 Å². The zero-order valence-electron chi connectivity index (χ0n) is 25.0. The summed E-state index contributed by atoms with van der Waals surface area (Å²) < 4.78 is 14.6. The van der Waals surface area contributed by atoms with E-state index in [1.165, 1.54) is 0 Å². The van der Waals surface area contributed by atoms with Gasteiger partial charge in [-0.1, -0.05) is 89.9 Å². The summed E-state index contributed by atoms with van der Waals surface area (Å²) >= 11 is 12.0. The number of rotatable bonds is 6. The van der Waals surface area contributed by atoms with Crippen molar-refractivity contribution < 1.29 is 19.1 Å².